The van der Waals surface area contributed by atoms with Gasteiger partial charge in [0.1, 0.15) is 0 Å². The number of alkyl halides is 6. The third-order valence-electron chi connectivity index (χ3n) is 4.13. The number of ether oxygens (including phenoxy) is 2. The van der Waals surface area contributed by atoms with Crippen LogP contribution in [0.4, 0.5) is 26.3 Å². The van der Waals surface area contributed by atoms with Crippen molar-refractivity contribution in [2.45, 2.75) is 43.3 Å². The maximum absolute atomic E-state index is 12.7. The molecular weight excluding hydrogens is 306 g/mol. The molecular formula is C12H16F6O3. The molecule has 0 amide bonds. The Labute approximate surface area is 117 Å². The number of hydrogen-bond acceptors (Lipinski definition) is 3. The van der Waals surface area contributed by atoms with E-state index in [1.807, 2.05) is 0 Å². The van der Waals surface area contributed by atoms with E-state index in [1.165, 1.54) is 0 Å². The Morgan fingerprint density at radius 3 is 2.14 bits per heavy atom. The van der Waals surface area contributed by atoms with Gasteiger partial charge in [0.05, 0.1) is 18.3 Å². The topological polar surface area (TPSA) is 38.7 Å². The Balaban J connectivity index is 2.15. The van der Waals surface area contributed by atoms with Gasteiger partial charge in [-0.05, 0) is 18.8 Å². The molecule has 2 saturated heterocycles. The molecule has 0 aromatic carbocycles. The van der Waals surface area contributed by atoms with Crippen LogP contribution in [0.2, 0.25) is 0 Å². The molecule has 3 nitrogen and oxygen atoms in total. The highest BCUT2D eigenvalue weighted by molar-refractivity contribution is 4.95. The molecule has 0 bridgehead atoms. The zero-order chi connectivity index (χ0) is 15.9. The molecule has 0 aromatic rings. The summed E-state index contributed by atoms with van der Waals surface area (Å²) in [6, 6.07) is 0. The van der Waals surface area contributed by atoms with Crippen LogP contribution < -0.4 is 0 Å². The fraction of sp³-hybridized carbons (Fsp3) is 1.00. The van der Waals surface area contributed by atoms with Crippen LogP contribution in [0.3, 0.4) is 0 Å². The maximum Gasteiger partial charge on any atom is 0.403 e. The van der Waals surface area contributed by atoms with Crippen molar-refractivity contribution in [3.8, 4) is 0 Å². The van der Waals surface area contributed by atoms with E-state index in [0.29, 0.717) is 13.0 Å². The highest BCUT2D eigenvalue weighted by Crippen LogP contribution is 2.46. The maximum atomic E-state index is 12.7. The molecule has 21 heavy (non-hydrogen) atoms. The van der Waals surface area contributed by atoms with E-state index >= 15 is 0 Å². The molecule has 124 valence electrons. The number of aliphatic hydroxyl groups is 1. The van der Waals surface area contributed by atoms with Crippen LogP contribution in [-0.2, 0) is 9.47 Å². The van der Waals surface area contributed by atoms with Crippen molar-refractivity contribution in [3.05, 3.63) is 0 Å². The van der Waals surface area contributed by atoms with Gasteiger partial charge >= 0.3 is 12.4 Å². The zero-order valence-corrected chi connectivity index (χ0v) is 11.0. The quantitative estimate of drug-likeness (QED) is 0.795. The fourth-order valence-electron chi connectivity index (χ4n) is 3.07. The van der Waals surface area contributed by atoms with Crippen LogP contribution in [0, 0.1) is 11.8 Å². The molecule has 2 fully saturated rings. The first-order valence-electron chi connectivity index (χ1n) is 6.58. The average Bonchev–Trinajstić information content (AvgIpc) is 2.73. The highest BCUT2D eigenvalue weighted by atomic mass is 19.4. The monoisotopic (exact) mass is 322 g/mol. The molecule has 2 rings (SSSR count). The predicted octanol–water partition coefficient (Wildman–Crippen LogP) is 2.67. The predicted molar refractivity (Wildman–Crippen MR) is 58.4 cm³/mol. The van der Waals surface area contributed by atoms with Crippen LogP contribution >= 0.6 is 0 Å². The number of aliphatic hydroxyl groups excluding tert-OH is 1. The summed E-state index contributed by atoms with van der Waals surface area (Å²) >= 11 is 0. The van der Waals surface area contributed by atoms with Gasteiger partial charge in [-0.3, -0.25) is 0 Å². The normalized spacial score (nSPS) is 32.9. The standard InChI is InChI=1S/C12H16F6O3/c13-11(14,15)9(12(16,17)18)8(19)7-1-3-21-10(5-7)2-4-20-6-10/h7-9,19H,1-6H2. The summed E-state index contributed by atoms with van der Waals surface area (Å²) < 4.78 is 86.5. The van der Waals surface area contributed by atoms with Gasteiger partial charge in [0.2, 0.25) is 0 Å². The van der Waals surface area contributed by atoms with Gasteiger partial charge in [-0.2, -0.15) is 26.3 Å². The Hall–Kier alpha value is -0.540. The van der Waals surface area contributed by atoms with E-state index in [2.05, 4.69) is 0 Å². The lowest BCUT2D eigenvalue weighted by Gasteiger charge is -2.41. The summed E-state index contributed by atoms with van der Waals surface area (Å²) in [5.74, 6) is -4.85. The van der Waals surface area contributed by atoms with Gasteiger partial charge in [0.15, 0.2) is 5.92 Å². The lowest BCUT2D eigenvalue weighted by molar-refractivity contribution is -0.314. The van der Waals surface area contributed by atoms with Crippen LogP contribution in [0.1, 0.15) is 19.3 Å². The third-order valence-corrected chi connectivity index (χ3v) is 4.13. The Bertz CT molecular complexity index is 347. The first-order chi connectivity index (χ1) is 9.55. The first kappa shape index (κ1) is 16.8. The lowest BCUT2D eigenvalue weighted by atomic mass is 9.78. The Morgan fingerprint density at radius 2 is 1.67 bits per heavy atom. The number of halogens is 6. The van der Waals surface area contributed by atoms with Crippen LogP contribution in [0.15, 0.2) is 0 Å². The van der Waals surface area contributed by atoms with Crippen molar-refractivity contribution in [2.75, 3.05) is 19.8 Å². The molecule has 1 spiro atoms. The van der Waals surface area contributed by atoms with Crippen molar-refractivity contribution in [3.63, 3.8) is 0 Å². The number of rotatable bonds is 2. The molecule has 0 radical (unpaired) electrons. The minimum atomic E-state index is -5.53. The molecule has 3 unspecified atom stereocenters. The van der Waals surface area contributed by atoms with Crippen molar-refractivity contribution in [2.24, 2.45) is 11.8 Å². The van der Waals surface area contributed by atoms with E-state index in [-0.39, 0.29) is 26.1 Å². The molecule has 2 aliphatic rings. The molecule has 0 aliphatic carbocycles. The van der Waals surface area contributed by atoms with Crippen LogP contribution in [0.25, 0.3) is 0 Å². The second-order valence-electron chi connectivity index (χ2n) is 5.64. The largest absolute Gasteiger partial charge is 0.403 e. The smallest absolute Gasteiger partial charge is 0.392 e. The van der Waals surface area contributed by atoms with Gasteiger partial charge in [-0.25, -0.2) is 0 Å². The molecule has 9 heteroatoms. The first-order valence-corrected chi connectivity index (χ1v) is 6.58. The minimum Gasteiger partial charge on any atom is -0.392 e. The molecule has 0 saturated carbocycles. The lowest BCUT2D eigenvalue weighted by Crippen LogP contribution is -2.51. The van der Waals surface area contributed by atoms with E-state index in [1.54, 1.807) is 0 Å². The minimum absolute atomic E-state index is 0.0214. The Kier molecular flexibility index (Phi) is 4.47. The van der Waals surface area contributed by atoms with Gasteiger partial charge in [-0.1, -0.05) is 0 Å². The summed E-state index contributed by atoms with van der Waals surface area (Å²) in [5, 5.41) is 9.71. The summed E-state index contributed by atoms with van der Waals surface area (Å²) in [5.41, 5.74) is -0.856. The SMILES string of the molecule is OC(C1CCOC2(CCOC2)C1)C(C(F)(F)F)C(F)(F)F. The van der Waals surface area contributed by atoms with E-state index in [0.717, 1.165) is 0 Å². The van der Waals surface area contributed by atoms with Gasteiger partial charge < -0.3 is 14.6 Å². The van der Waals surface area contributed by atoms with Crippen molar-refractivity contribution >= 4 is 0 Å². The van der Waals surface area contributed by atoms with Crippen molar-refractivity contribution in [1.29, 1.82) is 0 Å². The van der Waals surface area contributed by atoms with E-state index in [9.17, 15) is 31.4 Å². The zero-order valence-electron chi connectivity index (χ0n) is 11.0. The average molecular weight is 322 g/mol. The van der Waals surface area contributed by atoms with E-state index in [4.69, 9.17) is 9.47 Å². The van der Waals surface area contributed by atoms with Crippen molar-refractivity contribution in [1.82, 2.24) is 0 Å². The number of hydrogen-bond donors (Lipinski definition) is 1. The molecule has 2 heterocycles. The van der Waals surface area contributed by atoms with Gasteiger partial charge in [0.25, 0.3) is 0 Å². The fourth-order valence-corrected chi connectivity index (χ4v) is 3.07. The highest BCUT2D eigenvalue weighted by Gasteiger charge is 2.62. The summed E-state index contributed by atoms with van der Waals surface area (Å²) in [7, 11) is 0. The summed E-state index contributed by atoms with van der Waals surface area (Å²) in [4.78, 5) is 0. The van der Waals surface area contributed by atoms with Gasteiger partial charge in [0, 0.05) is 19.6 Å². The molecule has 2 aliphatic heterocycles. The third kappa shape index (κ3) is 3.62. The Morgan fingerprint density at radius 1 is 1.05 bits per heavy atom. The van der Waals surface area contributed by atoms with E-state index < -0.39 is 35.9 Å². The van der Waals surface area contributed by atoms with Gasteiger partial charge in [-0.15, -0.1) is 0 Å². The van der Waals surface area contributed by atoms with Crippen LogP contribution in [0.5, 0.6) is 0 Å². The molecule has 0 aromatic heterocycles. The van der Waals surface area contributed by atoms with Crippen molar-refractivity contribution < 1.29 is 40.9 Å². The molecule has 3 atom stereocenters. The molecule has 1 N–H and O–H groups in total. The van der Waals surface area contributed by atoms with Crippen LogP contribution in [-0.4, -0.2) is 49.0 Å². The second kappa shape index (κ2) is 5.58. The summed E-state index contributed by atoms with van der Waals surface area (Å²) in [6.45, 7) is 0.511. The second-order valence-corrected chi connectivity index (χ2v) is 5.64. The summed E-state index contributed by atoms with van der Waals surface area (Å²) in [6.07, 6.45) is -13.3.